The summed E-state index contributed by atoms with van der Waals surface area (Å²) in [5.41, 5.74) is 1.53. The second-order valence-corrected chi connectivity index (χ2v) is 5.50. The highest BCUT2D eigenvalue weighted by molar-refractivity contribution is 9.10. The van der Waals surface area contributed by atoms with Gasteiger partial charge >= 0.3 is 0 Å². The van der Waals surface area contributed by atoms with Crippen LogP contribution in [0, 0.1) is 0 Å². The molecule has 21 heavy (non-hydrogen) atoms. The summed E-state index contributed by atoms with van der Waals surface area (Å²) < 4.78 is 11.9. The molecule has 2 aromatic carbocycles. The normalized spacial score (nSPS) is 13.0. The summed E-state index contributed by atoms with van der Waals surface area (Å²) in [6.07, 6.45) is 0. The lowest BCUT2D eigenvalue weighted by atomic mass is 10.2. The Morgan fingerprint density at radius 2 is 1.76 bits per heavy atom. The van der Waals surface area contributed by atoms with Gasteiger partial charge in [-0.3, -0.25) is 0 Å². The van der Waals surface area contributed by atoms with Crippen LogP contribution in [-0.4, -0.2) is 23.4 Å². The maximum atomic E-state index is 9.77. The molecule has 1 aliphatic heterocycles. The highest BCUT2D eigenvalue weighted by atomic mass is 79.9. The number of phenolic OH excluding ortho intramolecular Hbond substituents is 2. The number of phenols is 2. The Hall–Kier alpha value is -2.08. The van der Waals surface area contributed by atoms with Crippen LogP contribution in [0.1, 0.15) is 5.56 Å². The standard InChI is InChI=1S/C15H14BrNO4/c16-11-6-14-15(21-4-3-20-14)7-12(11)17-8-9-1-2-10(18)5-13(9)19/h1-2,5-7,17-19H,3-4,8H2. The summed E-state index contributed by atoms with van der Waals surface area (Å²) in [4.78, 5) is 0. The molecule has 3 rings (SSSR count). The molecule has 6 heteroatoms. The molecule has 0 atom stereocenters. The lowest BCUT2D eigenvalue weighted by Crippen LogP contribution is -2.15. The molecule has 5 nitrogen and oxygen atoms in total. The van der Waals surface area contributed by atoms with Gasteiger partial charge in [0, 0.05) is 34.8 Å². The van der Waals surface area contributed by atoms with Crippen molar-refractivity contribution in [2.45, 2.75) is 6.54 Å². The molecule has 0 bridgehead atoms. The number of hydrogen-bond donors (Lipinski definition) is 3. The van der Waals surface area contributed by atoms with Gasteiger partial charge in [0.05, 0.1) is 5.69 Å². The molecule has 0 fully saturated rings. The van der Waals surface area contributed by atoms with E-state index in [2.05, 4.69) is 21.2 Å². The zero-order valence-corrected chi connectivity index (χ0v) is 12.7. The summed E-state index contributed by atoms with van der Waals surface area (Å²) in [6.45, 7) is 1.50. The van der Waals surface area contributed by atoms with E-state index < -0.39 is 0 Å². The predicted octanol–water partition coefficient (Wildman–Crippen LogP) is 3.24. The highest BCUT2D eigenvalue weighted by Gasteiger charge is 2.15. The average molecular weight is 352 g/mol. The van der Waals surface area contributed by atoms with Gasteiger partial charge in [0.15, 0.2) is 11.5 Å². The first-order valence-electron chi connectivity index (χ1n) is 6.47. The molecule has 0 amide bonds. The summed E-state index contributed by atoms with van der Waals surface area (Å²) >= 11 is 3.48. The van der Waals surface area contributed by atoms with Gasteiger partial charge in [-0.25, -0.2) is 0 Å². The Morgan fingerprint density at radius 1 is 1.05 bits per heavy atom. The van der Waals surface area contributed by atoms with Crippen LogP contribution in [0.5, 0.6) is 23.0 Å². The number of aromatic hydroxyl groups is 2. The maximum Gasteiger partial charge on any atom is 0.163 e. The highest BCUT2D eigenvalue weighted by Crippen LogP contribution is 2.38. The van der Waals surface area contributed by atoms with E-state index in [0.717, 1.165) is 10.2 Å². The number of ether oxygens (including phenoxy) is 2. The van der Waals surface area contributed by atoms with E-state index in [1.165, 1.54) is 12.1 Å². The Morgan fingerprint density at radius 3 is 2.48 bits per heavy atom. The van der Waals surface area contributed by atoms with Crippen molar-refractivity contribution in [2.75, 3.05) is 18.5 Å². The molecule has 110 valence electrons. The number of benzene rings is 2. The fourth-order valence-corrected chi connectivity index (χ4v) is 2.55. The molecule has 3 N–H and O–H groups in total. The first-order valence-corrected chi connectivity index (χ1v) is 7.26. The van der Waals surface area contributed by atoms with Crippen molar-refractivity contribution < 1.29 is 19.7 Å². The van der Waals surface area contributed by atoms with Crippen LogP contribution in [0.4, 0.5) is 5.69 Å². The van der Waals surface area contributed by atoms with E-state index in [1.54, 1.807) is 6.07 Å². The molecule has 0 unspecified atom stereocenters. The van der Waals surface area contributed by atoms with E-state index in [4.69, 9.17) is 9.47 Å². The minimum Gasteiger partial charge on any atom is -0.508 e. The Kier molecular flexibility index (Phi) is 3.79. The molecule has 0 saturated heterocycles. The Labute approximate surface area is 130 Å². The third-order valence-electron chi connectivity index (χ3n) is 3.17. The monoisotopic (exact) mass is 351 g/mol. The van der Waals surface area contributed by atoms with Crippen LogP contribution in [0.2, 0.25) is 0 Å². The van der Waals surface area contributed by atoms with Crippen LogP contribution < -0.4 is 14.8 Å². The molecule has 1 heterocycles. The molecular formula is C15H14BrNO4. The number of halogens is 1. The van der Waals surface area contributed by atoms with Gasteiger partial charge in [-0.1, -0.05) is 0 Å². The summed E-state index contributed by atoms with van der Waals surface area (Å²) in [7, 11) is 0. The maximum absolute atomic E-state index is 9.77. The Balaban J connectivity index is 1.78. The average Bonchev–Trinajstić information content (AvgIpc) is 2.46. The van der Waals surface area contributed by atoms with E-state index in [0.29, 0.717) is 36.8 Å². The predicted molar refractivity (Wildman–Crippen MR) is 82.2 cm³/mol. The van der Waals surface area contributed by atoms with Crippen molar-refractivity contribution in [3.8, 4) is 23.0 Å². The summed E-state index contributed by atoms with van der Waals surface area (Å²) in [5.74, 6) is 1.50. The van der Waals surface area contributed by atoms with Crippen molar-refractivity contribution in [3.05, 3.63) is 40.4 Å². The van der Waals surface area contributed by atoms with Crippen LogP contribution in [-0.2, 0) is 6.54 Å². The first-order chi connectivity index (χ1) is 10.1. The van der Waals surface area contributed by atoms with E-state index in [-0.39, 0.29) is 11.5 Å². The van der Waals surface area contributed by atoms with Gasteiger partial charge in [-0.15, -0.1) is 0 Å². The van der Waals surface area contributed by atoms with Crippen molar-refractivity contribution in [1.29, 1.82) is 0 Å². The molecule has 0 spiro atoms. The number of anilines is 1. The van der Waals surface area contributed by atoms with Gasteiger partial charge in [0.1, 0.15) is 24.7 Å². The molecule has 0 saturated carbocycles. The summed E-state index contributed by atoms with van der Waals surface area (Å²) in [6, 6.07) is 8.23. The largest absolute Gasteiger partial charge is 0.508 e. The smallest absolute Gasteiger partial charge is 0.163 e. The number of hydrogen-bond acceptors (Lipinski definition) is 5. The fourth-order valence-electron chi connectivity index (χ4n) is 2.09. The van der Waals surface area contributed by atoms with Crippen molar-refractivity contribution >= 4 is 21.6 Å². The minimum atomic E-state index is 0.0387. The van der Waals surface area contributed by atoms with Gasteiger partial charge in [0.2, 0.25) is 0 Å². The third kappa shape index (κ3) is 3.00. The number of fused-ring (bicyclic) bond motifs is 1. The van der Waals surface area contributed by atoms with Crippen molar-refractivity contribution in [1.82, 2.24) is 0 Å². The quantitative estimate of drug-likeness (QED) is 0.791. The van der Waals surface area contributed by atoms with Gasteiger partial charge in [-0.2, -0.15) is 0 Å². The van der Waals surface area contributed by atoms with Crippen LogP contribution in [0.25, 0.3) is 0 Å². The van der Waals surface area contributed by atoms with E-state index in [1.807, 2.05) is 12.1 Å². The van der Waals surface area contributed by atoms with Crippen LogP contribution >= 0.6 is 15.9 Å². The minimum absolute atomic E-state index is 0.0387. The molecule has 2 aromatic rings. The zero-order chi connectivity index (χ0) is 14.8. The van der Waals surface area contributed by atoms with Gasteiger partial charge in [-0.05, 0) is 28.1 Å². The van der Waals surface area contributed by atoms with Crippen molar-refractivity contribution in [3.63, 3.8) is 0 Å². The SMILES string of the molecule is Oc1ccc(CNc2cc3c(cc2Br)OCCO3)c(O)c1. The lowest BCUT2D eigenvalue weighted by Gasteiger charge is -2.20. The van der Waals surface area contributed by atoms with E-state index in [9.17, 15) is 10.2 Å². The summed E-state index contributed by atoms with van der Waals surface area (Å²) in [5, 5.41) is 22.3. The second kappa shape index (κ2) is 5.73. The molecule has 1 aliphatic rings. The molecule has 0 aromatic heterocycles. The molecule has 0 radical (unpaired) electrons. The second-order valence-electron chi connectivity index (χ2n) is 4.64. The molecule has 0 aliphatic carbocycles. The van der Waals surface area contributed by atoms with Crippen molar-refractivity contribution in [2.24, 2.45) is 0 Å². The number of nitrogens with one attached hydrogen (secondary N) is 1. The Bertz CT molecular complexity index is 675. The van der Waals surface area contributed by atoms with E-state index >= 15 is 0 Å². The first kappa shape index (κ1) is 13.9. The van der Waals surface area contributed by atoms with Gasteiger partial charge < -0.3 is 25.0 Å². The molecular weight excluding hydrogens is 338 g/mol. The van der Waals surface area contributed by atoms with Crippen LogP contribution in [0.3, 0.4) is 0 Å². The topological polar surface area (TPSA) is 71.0 Å². The fraction of sp³-hybridized carbons (Fsp3) is 0.200. The third-order valence-corrected chi connectivity index (χ3v) is 3.83. The van der Waals surface area contributed by atoms with Gasteiger partial charge in [0.25, 0.3) is 0 Å². The van der Waals surface area contributed by atoms with Crippen LogP contribution in [0.15, 0.2) is 34.8 Å². The lowest BCUT2D eigenvalue weighted by molar-refractivity contribution is 0.171. The zero-order valence-electron chi connectivity index (χ0n) is 11.1. The number of rotatable bonds is 3.